The predicted molar refractivity (Wildman–Crippen MR) is 112 cm³/mol. The largest absolute Gasteiger partial charge is 0.493 e. The number of benzene rings is 2. The van der Waals surface area contributed by atoms with Crippen LogP contribution in [0.1, 0.15) is 33.6 Å². The second kappa shape index (κ2) is 9.90. The molecule has 1 fully saturated rings. The van der Waals surface area contributed by atoms with Crippen molar-refractivity contribution in [2.45, 2.75) is 18.9 Å². The van der Waals surface area contributed by atoms with Crippen LogP contribution in [0.5, 0.6) is 11.5 Å². The van der Waals surface area contributed by atoms with E-state index in [0.717, 1.165) is 18.9 Å². The van der Waals surface area contributed by atoms with Crippen molar-refractivity contribution in [1.82, 2.24) is 5.32 Å². The number of para-hydroxylation sites is 1. The minimum Gasteiger partial charge on any atom is -0.493 e. The number of hydrogen-bond acceptors (Lipinski definition) is 7. The summed E-state index contributed by atoms with van der Waals surface area (Å²) in [5, 5.41) is 16.9. The second-order valence-corrected chi connectivity index (χ2v) is 6.83. The average molecular weight is 429 g/mol. The Kier molecular flexibility index (Phi) is 7.03. The van der Waals surface area contributed by atoms with Crippen LogP contribution < -0.4 is 20.1 Å². The highest BCUT2D eigenvalue weighted by Gasteiger charge is 2.26. The van der Waals surface area contributed by atoms with Crippen LogP contribution in [0.2, 0.25) is 0 Å². The Balaban J connectivity index is 1.84. The summed E-state index contributed by atoms with van der Waals surface area (Å²) in [6.07, 6.45) is 1.80. The van der Waals surface area contributed by atoms with Gasteiger partial charge in [0, 0.05) is 19.2 Å². The summed E-state index contributed by atoms with van der Waals surface area (Å²) in [7, 11) is 2.70. The molecule has 0 bridgehead atoms. The van der Waals surface area contributed by atoms with Gasteiger partial charge >= 0.3 is 0 Å². The minimum atomic E-state index is -0.757. The molecule has 10 heteroatoms. The number of nitro benzene ring substituents is 1. The van der Waals surface area contributed by atoms with E-state index in [1.54, 1.807) is 24.3 Å². The molecule has 164 valence electrons. The standard InChI is InChI=1S/C21H23N3O7/c1-29-18-10-15(17(24(27)28)11-19(18)30-2)21(26)23-16-8-4-3-7-14(16)20(25)22-12-13-6-5-9-31-13/h3-4,7-8,10-11,13H,5-6,9,12H2,1-2H3,(H,22,25)(H,23,26)/t13-/m1/s1. The van der Waals surface area contributed by atoms with Gasteiger partial charge in [-0.2, -0.15) is 0 Å². The monoisotopic (exact) mass is 429 g/mol. The van der Waals surface area contributed by atoms with Crippen LogP contribution >= 0.6 is 0 Å². The molecular formula is C21H23N3O7. The maximum atomic E-state index is 12.9. The molecule has 3 rings (SSSR count). The minimum absolute atomic E-state index is 0.0277. The van der Waals surface area contributed by atoms with Gasteiger partial charge in [0.1, 0.15) is 5.56 Å². The number of hydrogen-bond donors (Lipinski definition) is 2. The lowest BCUT2D eigenvalue weighted by Gasteiger charge is -2.14. The number of ether oxygens (including phenoxy) is 3. The summed E-state index contributed by atoms with van der Waals surface area (Å²) < 4.78 is 15.7. The van der Waals surface area contributed by atoms with Crippen molar-refractivity contribution in [1.29, 1.82) is 0 Å². The molecule has 1 aliphatic heterocycles. The third-order valence-corrected chi connectivity index (χ3v) is 4.88. The van der Waals surface area contributed by atoms with Gasteiger partial charge in [0.05, 0.1) is 42.6 Å². The van der Waals surface area contributed by atoms with Gasteiger partial charge in [-0.15, -0.1) is 0 Å². The quantitative estimate of drug-likeness (QED) is 0.488. The molecule has 10 nitrogen and oxygen atoms in total. The third-order valence-electron chi connectivity index (χ3n) is 4.88. The zero-order valence-corrected chi connectivity index (χ0v) is 17.2. The summed E-state index contributed by atoms with van der Waals surface area (Å²) in [4.78, 5) is 36.3. The fourth-order valence-electron chi connectivity index (χ4n) is 3.29. The Bertz CT molecular complexity index is 987. The van der Waals surface area contributed by atoms with E-state index >= 15 is 0 Å². The first-order chi connectivity index (χ1) is 14.9. The number of nitro groups is 1. The van der Waals surface area contributed by atoms with Gasteiger partial charge < -0.3 is 24.8 Å². The van der Waals surface area contributed by atoms with Crippen LogP contribution in [0.25, 0.3) is 0 Å². The van der Waals surface area contributed by atoms with E-state index in [1.807, 2.05) is 0 Å². The summed E-state index contributed by atoms with van der Waals surface area (Å²) in [5.41, 5.74) is -0.217. The van der Waals surface area contributed by atoms with Crippen molar-refractivity contribution < 1.29 is 28.7 Å². The molecule has 31 heavy (non-hydrogen) atoms. The smallest absolute Gasteiger partial charge is 0.286 e. The fraction of sp³-hybridized carbons (Fsp3) is 0.333. The maximum absolute atomic E-state index is 12.9. The SMILES string of the molecule is COc1cc(C(=O)Nc2ccccc2C(=O)NC[C@H]2CCCO2)c([N+](=O)[O-])cc1OC. The van der Waals surface area contributed by atoms with E-state index in [2.05, 4.69) is 10.6 Å². The molecule has 1 aliphatic rings. The zero-order valence-electron chi connectivity index (χ0n) is 17.2. The van der Waals surface area contributed by atoms with E-state index in [-0.39, 0.29) is 40.3 Å². The number of nitrogens with zero attached hydrogens (tertiary/aromatic N) is 1. The van der Waals surface area contributed by atoms with E-state index in [4.69, 9.17) is 14.2 Å². The molecule has 0 spiro atoms. The lowest BCUT2D eigenvalue weighted by molar-refractivity contribution is -0.385. The van der Waals surface area contributed by atoms with Crippen LogP contribution in [-0.4, -0.2) is 50.2 Å². The molecule has 1 atom stereocenters. The highest BCUT2D eigenvalue weighted by Crippen LogP contribution is 2.35. The summed E-state index contributed by atoms with van der Waals surface area (Å²) in [5.74, 6) is -0.847. The predicted octanol–water partition coefficient (Wildman–Crippen LogP) is 2.77. The highest BCUT2D eigenvalue weighted by molar-refractivity contribution is 6.11. The van der Waals surface area contributed by atoms with Gasteiger partial charge in [-0.25, -0.2) is 0 Å². The summed E-state index contributed by atoms with van der Waals surface area (Å²) in [6.45, 7) is 1.04. The van der Waals surface area contributed by atoms with E-state index in [9.17, 15) is 19.7 Å². The first-order valence-corrected chi connectivity index (χ1v) is 9.65. The van der Waals surface area contributed by atoms with Gasteiger partial charge in [-0.05, 0) is 25.0 Å². The second-order valence-electron chi connectivity index (χ2n) is 6.83. The fourth-order valence-corrected chi connectivity index (χ4v) is 3.29. The maximum Gasteiger partial charge on any atom is 0.286 e. The molecule has 0 aliphatic carbocycles. The molecule has 0 unspecified atom stereocenters. The van der Waals surface area contributed by atoms with Crippen molar-refractivity contribution in [3.05, 3.63) is 57.6 Å². The molecule has 2 aromatic carbocycles. The lowest BCUT2D eigenvalue weighted by atomic mass is 10.1. The van der Waals surface area contributed by atoms with Gasteiger partial charge in [0.15, 0.2) is 11.5 Å². The van der Waals surface area contributed by atoms with Crippen molar-refractivity contribution >= 4 is 23.2 Å². The number of carbonyl (C=O) groups is 2. The molecule has 2 N–H and O–H groups in total. The lowest BCUT2D eigenvalue weighted by Crippen LogP contribution is -2.32. The van der Waals surface area contributed by atoms with Crippen molar-refractivity contribution in [3.63, 3.8) is 0 Å². The number of amides is 2. The van der Waals surface area contributed by atoms with Gasteiger partial charge in [0.25, 0.3) is 17.5 Å². The number of nitrogens with one attached hydrogen (secondary N) is 2. The molecule has 1 saturated heterocycles. The number of carbonyl (C=O) groups excluding carboxylic acids is 2. The van der Waals surface area contributed by atoms with E-state index < -0.39 is 16.5 Å². The van der Waals surface area contributed by atoms with Crippen LogP contribution in [0.15, 0.2) is 36.4 Å². The van der Waals surface area contributed by atoms with Crippen molar-refractivity contribution in [3.8, 4) is 11.5 Å². The van der Waals surface area contributed by atoms with Gasteiger partial charge in [-0.1, -0.05) is 12.1 Å². The zero-order chi connectivity index (χ0) is 22.4. The Labute approximate surface area is 178 Å². The van der Waals surface area contributed by atoms with E-state index in [1.165, 1.54) is 20.3 Å². The first kappa shape index (κ1) is 22.0. The molecule has 0 radical (unpaired) electrons. The molecular weight excluding hydrogens is 406 g/mol. The first-order valence-electron chi connectivity index (χ1n) is 9.65. The normalized spacial score (nSPS) is 15.2. The Morgan fingerprint density at radius 3 is 2.48 bits per heavy atom. The van der Waals surface area contributed by atoms with E-state index in [0.29, 0.717) is 13.2 Å². The Morgan fingerprint density at radius 1 is 1.13 bits per heavy atom. The number of methoxy groups -OCH3 is 2. The van der Waals surface area contributed by atoms with Gasteiger partial charge in [0.2, 0.25) is 0 Å². The number of rotatable bonds is 8. The van der Waals surface area contributed by atoms with Crippen LogP contribution in [0.4, 0.5) is 11.4 Å². The highest BCUT2D eigenvalue weighted by atomic mass is 16.6. The van der Waals surface area contributed by atoms with Crippen LogP contribution in [0, 0.1) is 10.1 Å². The third kappa shape index (κ3) is 5.10. The molecule has 1 heterocycles. The Hall–Kier alpha value is -3.66. The molecule has 2 amide bonds. The molecule has 0 saturated carbocycles. The molecule has 0 aromatic heterocycles. The summed E-state index contributed by atoms with van der Waals surface area (Å²) in [6, 6.07) is 8.76. The van der Waals surface area contributed by atoms with Crippen molar-refractivity contribution in [2.24, 2.45) is 0 Å². The van der Waals surface area contributed by atoms with Gasteiger partial charge in [-0.3, -0.25) is 19.7 Å². The van der Waals surface area contributed by atoms with Crippen LogP contribution in [-0.2, 0) is 4.74 Å². The summed E-state index contributed by atoms with van der Waals surface area (Å²) >= 11 is 0. The molecule has 2 aromatic rings. The number of anilines is 1. The van der Waals surface area contributed by atoms with Crippen LogP contribution in [0.3, 0.4) is 0 Å². The van der Waals surface area contributed by atoms with Crippen molar-refractivity contribution in [2.75, 3.05) is 32.7 Å². The average Bonchev–Trinajstić information content (AvgIpc) is 3.30. The topological polar surface area (TPSA) is 129 Å². The Morgan fingerprint density at radius 2 is 1.84 bits per heavy atom.